The SMILES string of the molecule is Cc1c(=O)n(Cc2ccccc2)c(=O)n2cc(C#CCc3ccccc3)sc12. The van der Waals surface area contributed by atoms with E-state index in [0.29, 0.717) is 16.8 Å². The first-order valence-electron chi connectivity index (χ1n) is 8.96. The summed E-state index contributed by atoms with van der Waals surface area (Å²) in [6, 6.07) is 19.5. The van der Waals surface area contributed by atoms with Crippen molar-refractivity contribution in [3.8, 4) is 11.8 Å². The molecule has 2 aromatic carbocycles. The van der Waals surface area contributed by atoms with Gasteiger partial charge in [0.2, 0.25) is 0 Å². The highest BCUT2D eigenvalue weighted by atomic mass is 32.1. The lowest BCUT2D eigenvalue weighted by molar-refractivity contribution is 0.683. The van der Waals surface area contributed by atoms with E-state index in [1.54, 1.807) is 13.1 Å². The van der Waals surface area contributed by atoms with Gasteiger partial charge in [-0.1, -0.05) is 72.5 Å². The van der Waals surface area contributed by atoms with Gasteiger partial charge < -0.3 is 0 Å². The topological polar surface area (TPSA) is 43.5 Å². The molecule has 4 rings (SSSR count). The van der Waals surface area contributed by atoms with Crippen molar-refractivity contribution in [3.05, 3.63) is 109 Å². The fraction of sp³-hybridized carbons (Fsp3) is 0.130. The molecule has 2 aromatic heterocycles. The first kappa shape index (κ1) is 18.0. The molecular weight excluding hydrogens is 368 g/mol. The maximum absolute atomic E-state index is 12.9. The number of aromatic nitrogens is 2. The van der Waals surface area contributed by atoms with Crippen molar-refractivity contribution in [1.29, 1.82) is 0 Å². The number of hydrogen-bond acceptors (Lipinski definition) is 3. The third-order valence-electron chi connectivity index (χ3n) is 4.53. The summed E-state index contributed by atoms with van der Waals surface area (Å²) in [4.78, 5) is 27.1. The zero-order valence-electron chi connectivity index (χ0n) is 15.4. The Morgan fingerprint density at radius 1 is 0.929 bits per heavy atom. The van der Waals surface area contributed by atoms with Gasteiger partial charge in [0.1, 0.15) is 4.83 Å². The van der Waals surface area contributed by atoms with E-state index in [-0.39, 0.29) is 17.8 Å². The first-order valence-corrected chi connectivity index (χ1v) is 9.77. The van der Waals surface area contributed by atoms with Crippen LogP contribution in [0.1, 0.15) is 21.6 Å². The quantitative estimate of drug-likeness (QED) is 0.506. The van der Waals surface area contributed by atoms with Gasteiger partial charge >= 0.3 is 5.69 Å². The molecule has 0 spiro atoms. The zero-order chi connectivity index (χ0) is 19.5. The maximum Gasteiger partial charge on any atom is 0.336 e. The summed E-state index contributed by atoms with van der Waals surface area (Å²) >= 11 is 1.38. The summed E-state index contributed by atoms with van der Waals surface area (Å²) in [6.07, 6.45) is 2.37. The summed E-state index contributed by atoms with van der Waals surface area (Å²) in [5.74, 6) is 6.27. The Kier molecular flexibility index (Phi) is 4.96. The summed E-state index contributed by atoms with van der Waals surface area (Å²) in [7, 11) is 0. The van der Waals surface area contributed by atoms with Crippen molar-refractivity contribution in [3.63, 3.8) is 0 Å². The summed E-state index contributed by atoms with van der Waals surface area (Å²) in [5, 5.41) is 0. The molecule has 4 aromatic rings. The minimum atomic E-state index is -0.332. The molecule has 0 fully saturated rings. The monoisotopic (exact) mass is 386 g/mol. The highest BCUT2D eigenvalue weighted by molar-refractivity contribution is 7.18. The summed E-state index contributed by atoms with van der Waals surface area (Å²) < 4.78 is 2.82. The van der Waals surface area contributed by atoms with Gasteiger partial charge in [-0.15, -0.1) is 11.3 Å². The van der Waals surface area contributed by atoms with Gasteiger partial charge in [0.25, 0.3) is 5.56 Å². The summed E-state index contributed by atoms with van der Waals surface area (Å²) in [5.41, 5.74) is 2.05. The second-order valence-electron chi connectivity index (χ2n) is 6.52. The van der Waals surface area contributed by atoms with Crippen LogP contribution in [-0.4, -0.2) is 8.97 Å². The number of hydrogen-bond donors (Lipinski definition) is 0. The Labute approximate surface area is 166 Å². The van der Waals surface area contributed by atoms with Crippen LogP contribution in [0.2, 0.25) is 0 Å². The van der Waals surface area contributed by atoms with Gasteiger partial charge in [0.15, 0.2) is 0 Å². The molecule has 4 nitrogen and oxygen atoms in total. The number of benzene rings is 2. The third-order valence-corrected chi connectivity index (χ3v) is 5.65. The lowest BCUT2D eigenvalue weighted by atomic mass is 10.2. The van der Waals surface area contributed by atoms with Gasteiger partial charge in [-0.25, -0.2) is 4.79 Å². The largest absolute Gasteiger partial charge is 0.336 e. The molecule has 0 N–H and O–H groups in total. The molecule has 0 radical (unpaired) electrons. The Morgan fingerprint density at radius 3 is 2.25 bits per heavy atom. The molecule has 5 heteroatoms. The minimum absolute atomic E-state index is 0.250. The van der Waals surface area contributed by atoms with E-state index < -0.39 is 0 Å². The Hall–Kier alpha value is -3.36. The molecule has 0 atom stereocenters. The molecule has 0 aliphatic heterocycles. The smallest absolute Gasteiger partial charge is 0.269 e. The van der Waals surface area contributed by atoms with Gasteiger partial charge in [-0.3, -0.25) is 13.8 Å². The highest BCUT2D eigenvalue weighted by Crippen LogP contribution is 2.17. The van der Waals surface area contributed by atoms with Crippen molar-refractivity contribution in [1.82, 2.24) is 8.97 Å². The molecule has 28 heavy (non-hydrogen) atoms. The molecule has 0 saturated heterocycles. The molecule has 138 valence electrons. The van der Waals surface area contributed by atoms with Gasteiger partial charge in [-0.05, 0) is 18.1 Å². The fourth-order valence-corrected chi connectivity index (χ4v) is 4.02. The van der Waals surface area contributed by atoms with Gasteiger partial charge in [0, 0.05) is 18.2 Å². The van der Waals surface area contributed by atoms with E-state index in [2.05, 4.69) is 11.8 Å². The highest BCUT2D eigenvalue weighted by Gasteiger charge is 2.14. The van der Waals surface area contributed by atoms with Crippen LogP contribution in [0.5, 0.6) is 0 Å². The Bertz CT molecular complexity index is 1300. The number of rotatable bonds is 3. The second-order valence-corrected chi connectivity index (χ2v) is 7.55. The van der Waals surface area contributed by atoms with E-state index in [1.165, 1.54) is 20.3 Å². The molecule has 0 amide bonds. The van der Waals surface area contributed by atoms with Crippen LogP contribution >= 0.6 is 11.3 Å². The van der Waals surface area contributed by atoms with Gasteiger partial charge in [0.05, 0.1) is 11.4 Å². The average Bonchev–Trinajstić information content (AvgIpc) is 3.16. The number of fused-ring (bicyclic) bond motifs is 1. The van der Waals surface area contributed by atoms with Crippen molar-refractivity contribution >= 4 is 16.2 Å². The predicted molar refractivity (Wildman–Crippen MR) is 113 cm³/mol. The van der Waals surface area contributed by atoms with Crippen LogP contribution in [0.15, 0.2) is 76.4 Å². The molecule has 0 saturated carbocycles. The lowest BCUT2D eigenvalue weighted by Gasteiger charge is -2.07. The van der Waals surface area contributed by atoms with Gasteiger partial charge in [-0.2, -0.15) is 0 Å². The van der Waals surface area contributed by atoms with Crippen LogP contribution in [0, 0.1) is 18.8 Å². The molecule has 0 aliphatic carbocycles. The minimum Gasteiger partial charge on any atom is -0.269 e. The number of aryl methyl sites for hydroxylation is 1. The molecular formula is C23H18N2O2S. The van der Waals surface area contributed by atoms with Crippen LogP contribution in [-0.2, 0) is 13.0 Å². The second kappa shape index (κ2) is 7.71. The normalized spacial score (nSPS) is 10.6. The fourth-order valence-electron chi connectivity index (χ4n) is 3.06. The first-order chi connectivity index (χ1) is 13.6. The van der Waals surface area contributed by atoms with Crippen molar-refractivity contribution < 1.29 is 0 Å². The molecule has 2 heterocycles. The van der Waals surface area contributed by atoms with E-state index in [1.807, 2.05) is 60.7 Å². The lowest BCUT2D eigenvalue weighted by Crippen LogP contribution is -2.38. The molecule has 0 aliphatic rings. The van der Waals surface area contributed by atoms with E-state index >= 15 is 0 Å². The zero-order valence-corrected chi connectivity index (χ0v) is 16.2. The van der Waals surface area contributed by atoms with Crippen LogP contribution in [0.3, 0.4) is 0 Å². The third kappa shape index (κ3) is 3.55. The van der Waals surface area contributed by atoms with Crippen LogP contribution < -0.4 is 11.2 Å². The van der Waals surface area contributed by atoms with Crippen LogP contribution in [0.25, 0.3) is 4.83 Å². The Balaban J connectivity index is 1.72. The molecule has 0 unspecified atom stereocenters. The standard InChI is InChI=1S/C23H18N2O2S/c1-17-21(26)24(15-19-11-6-3-7-12-19)23(27)25-16-20(28-22(17)25)14-8-13-18-9-4-2-5-10-18/h2-7,9-12,16H,13,15H2,1H3. The number of thiazole rings is 1. The maximum atomic E-state index is 12.9. The van der Waals surface area contributed by atoms with Crippen molar-refractivity contribution in [2.75, 3.05) is 0 Å². The Morgan fingerprint density at radius 2 is 1.57 bits per heavy atom. The van der Waals surface area contributed by atoms with E-state index in [4.69, 9.17) is 0 Å². The average molecular weight is 386 g/mol. The predicted octanol–water partition coefficient (Wildman–Crippen LogP) is 3.47. The van der Waals surface area contributed by atoms with Crippen LogP contribution in [0.4, 0.5) is 0 Å². The molecule has 0 bridgehead atoms. The van der Waals surface area contributed by atoms with Crippen molar-refractivity contribution in [2.45, 2.75) is 19.9 Å². The summed E-state index contributed by atoms with van der Waals surface area (Å²) in [6.45, 7) is 2.02. The van der Waals surface area contributed by atoms with Crippen molar-refractivity contribution in [2.24, 2.45) is 0 Å². The van der Waals surface area contributed by atoms with E-state index in [9.17, 15) is 9.59 Å². The van der Waals surface area contributed by atoms with E-state index in [0.717, 1.165) is 16.0 Å². The number of nitrogens with zero attached hydrogens (tertiary/aromatic N) is 2.